The van der Waals surface area contributed by atoms with E-state index in [0.29, 0.717) is 16.6 Å². The van der Waals surface area contributed by atoms with Gasteiger partial charge >= 0.3 is 0 Å². The van der Waals surface area contributed by atoms with E-state index in [1.54, 1.807) is 12.2 Å². The van der Waals surface area contributed by atoms with Crippen molar-refractivity contribution in [3.63, 3.8) is 0 Å². The van der Waals surface area contributed by atoms with Gasteiger partial charge in [-0.25, -0.2) is 0 Å². The molecule has 0 aliphatic carbocycles. The molecule has 0 amide bonds. The van der Waals surface area contributed by atoms with E-state index in [-0.39, 0.29) is 6.10 Å². The number of aliphatic hydroxyl groups is 2. The van der Waals surface area contributed by atoms with Crippen LogP contribution in [0, 0.1) is 0 Å². The molecule has 0 radical (unpaired) electrons. The van der Waals surface area contributed by atoms with Crippen LogP contribution in [0.2, 0.25) is 16.6 Å². The predicted molar refractivity (Wildman–Crippen MR) is 116 cm³/mol. The van der Waals surface area contributed by atoms with E-state index in [9.17, 15) is 10.2 Å². The van der Waals surface area contributed by atoms with Gasteiger partial charge in [0.1, 0.15) is 0 Å². The minimum Gasteiger partial charge on any atom is -0.413 e. The second kappa shape index (κ2) is 13.1. The van der Waals surface area contributed by atoms with Crippen molar-refractivity contribution in [2.24, 2.45) is 0 Å². The number of hydrogen-bond acceptors (Lipinski definition) is 3. The molecule has 3 nitrogen and oxygen atoms in total. The van der Waals surface area contributed by atoms with Gasteiger partial charge in [0.15, 0.2) is 0 Å². The Balaban J connectivity index is 4.44. The fourth-order valence-corrected chi connectivity index (χ4v) is 9.92. The third-order valence-electron chi connectivity index (χ3n) is 5.63. The molecule has 2 N–H and O–H groups in total. The lowest BCUT2D eigenvalue weighted by atomic mass is 10.1. The minimum atomic E-state index is -1.82. The van der Waals surface area contributed by atoms with Crippen molar-refractivity contribution in [2.75, 3.05) is 0 Å². The molecule has 0 aromatic heterocycles. The Kier molecular flexibility index (Phi) is 13.0. The summed E-state index contributed by atoms with van der Waals surface area (Å²) < 4.78 is 6.75. The summed E-state index contributed by atoms with van der Waals surface area (Å²) in [5, 5.41) is 19.9. The molecule has 0 saturated heterocycles. The van der Waals surface area contributed by atoms with Crippen LogP contribution in [0.1, 0.15) is 93.9 Å². The summed E-state index contributed by atoms with van der Waals surface area (Å²) in [6, 6.07) is 0. The van der Waals surface area contributed by atoms with Gasteiger partial charge in [0.2, 0.25) is 8.32 Å². The second-order valence-corrected chi connectivity index (χ2v) is 14.2. The molecule has 0 rings (SSSR count). The number of aliphatic hydroxyl groups excluding tert-OH is 2. The van der Waals surface area contributed by atoms with Crippen molar-refractivity contribution >= 4 is 8.32 Å². The molecule has 0 aliphatic heterocycles. The SMILES string of the molecule is CCCC[C@@H](O)/C=C\[C@H](O)CCCC(C)O[Si](C(C)C)(C(C)C)C(C)C. The van der Waals surface area contributed by atoms with E-state index in [4.69, 9.17) is 4.43 Å². The lowest BCUT2D eigenvalue weighted by Gasteiger charge is -2.44. The van der Waals surface area contributed by atoms with Crippen molar-refractivity contribution in [1.82, 2.24) is 0 Å². The highest BCUT2D eigenvalue weighted by Gasteiger charge is 2.45. The Morgan fingerprint density at radius 2 is 1.15 bits per heavy atom. The summed E-state index contributed by atoms with van der Waals surface area (Å²) in [5.41, 5.74) is 1.80. The Morgan fingerprint density at radius 3 is 1.54 bits per heavy atom. The van der Waals surface area contributed by atoms with Gasteiger partial charge in [0.05, 0.1) is 12.2 Å². The molecular formula is C22H46O3Si. The van der Waals surface area contributed by atoms with Crippen LogP contribution >= 0.6 is 0 Å². The summed E-state index contributed by atoms with van der Waals surface area (Å²) in [5.74, 6) is 0. The third-order valence-corrected chi connectivity index (χ3v) is 11.9. The maximum Gasteiger partial charge on any atom is 0.200 e. The van der Waals surface area contributed by atoms with Crippen LogP contribution < -0.4 is 0 Å². The molecular weight excluding hydrogens is 340 g/mol. The normalized spacial score (nSPS) is 16.8. The van der Waals surface area contributed by atoms with Crippen LogP contribution in [0.5, 0.6) is 0 Å². The Hall–Kier alpha value is -0.163. The van der Waals surface area contributed by atoms with Gasteiger partial charge in [-0.2, -0.15) is 0 Å². The van der Waals surface area contributed by atoms with Gasteiger partial charge in [0.25, 0.3) is 0 Å². The van der Waals surface area contributed by atoms with Gasteiger partial charge in [-0.05, 0) is 49.2 Å². The topological polar surface area (TPSA) is 49.7 Å². The zero-order valence-corrected chi connectivity index (χ0v) is 19.7. The van der Waals surface area contributed by atoms with Crippen LogP contribution in [0.3, 0.4) is 0 Å². The first kappa shape index (κ1) is 25.8. The number of hydrogen-bond donors (Lipinski definition) is 2. The first-order chi connectivity index (χ1) is 12.1. The van der Waals surface area contributed by atoms with E-state index < -0.39 is 20.5 Å². The van der Waals surface area contributed by atoms with Crippen LogP contribution in [-0.2, 0) is 4.43 Å². The zero-order chi connectivity index (χ0) is 20.3. The summed E-state index contributed by atoms with van der Waals surface area (Å²) >= 11 is 0. The fourth-order valence-electron chi connectivity index (χ4n) is 4.29. The average molecular weight is 387 g/mol. The van der Waals surface area contributed by atoms with Crippen molar-refractivity contribution in [1.29, 1.82) is 0 Å². The lowest BCUT2D eigenvalue weighted by molar-refractivity contribution is 0.161. The molecule has 3 atom stereocenters. The maximum atomic E-state index is 10.1. The highest BCUT2D eigenvalue weighted by molar-refractivity contribution is 6.77. The Bertz CT molecular complexity index is 358. The summed E-state index contributed by atoms with van der Waals surface area (Å²) in [7, 11) is -1.82. The Labute approximate surface area is 164 Å². The molecule has 0 fully saturated rings. The van der Waals surface area contributed by atoms with Crippen LogP contribution in [0.4, 0.5) is 0 Å². The molecule has 26 heavy (non-hydrogen) atoms. The predicted octanol–water partition coefficient (Wildman–Crippen LogP) is 6.21. The molecule has 0 saturated carbocycles. The van der Waals surface area contributed by atoms with Gasteiger partial charge in [-0.3, -0.25) is 0 Å². The van der Waals surface area contributed by atoms with E-state index in [1.807, 2.05) is 0 Å². The largest absolute Gasteiger partial charge is 0.413 e. The third kappa shape index (κ3) is 8.68. The molecule has 1 unspecified atom stereocenters. The molecule has 0 aromatic carbocycles. The van der Waals surface area contributed by atoms with Crippen LogP contribution in [0.25, 0.3) is 0 Å². The van der Waals surface area contributed by atoms with E-state index in [0.717, 1.165) is 38.5 Å². The number of unbranched alkanes of at least 4 members (excludes halogenated alkanes) is 1. The Morgan fingerprint density at radius 1 is 0.731 bits per heavy atom. The molecule has 0 aromatic rings. The maximum absolute atomic E-state index is 10.1. The summed E-state index contributed by atoms with van der Waals surface area (Å²) in [6.07, 6.45) is 8.35. The van der Waals surface area contributed by atoms with Gasteiger partial charge in [0, 0.05) is 6.10 Å². The average Bonchev–Trinajstić information content (AvgIpc) is 2.54. The first-order valence-electron chi connectivity index (χ1n) is 10.8. The molecule has 156 valence electrons. The lowest BCUT2D eigenvalue weighted by Crippen LogP contribution is -2.49. The van der Waals surface area contributed by atoms with E-state index in [1.165, 1.54) is 0 Å². The zero-order valence-electron chi connectivity index (χ0n) is 18.7. The fraction of sp³-hybridized carbons (Fsp3) is 0.909. The monoisotopic (exact) mass is 386 g/mol. The first-order valence-corrected chi connectivity index (χ1v) is 12.9. The van der Waals surface area contributed by atoms with E-state index >= 15 is 0 Å². The second-order valence-electron chi connectivity index (χ2n) is 8.84. The quantitative estimate of drug-likeness (QED) is 0.276. The molecule has 0 bridgehead atoms. The van der Waals surface area contributed by atoms with Gasteiger partial charge < -0.3 is 14.6 Å². The standard InChI is InChI=1S/C22H46O3Si/c1-9-10-13-21(23)15-16-22(24)14-11-12-20(8)25-26(17(2)3,18(4)5)19(6)7/h15-24H,9-14H2,1-8H3/b16-15-/t20?,21-,22-/m1/s1. The number of rotatable bonds is 14. The molecule has 0 spiro atoms. The van der Waals surface area contributed by atoms with Crippen LogP contribution in [0.15, 0.2) is 12.2 Å². The van der Waals surface area contributed by atoms with Gasteiger partial charge in [-0.1, -0.05) is 73.5 Å². The van der Waals surface area contributed by atoms with Crippen LogP contribution in [-0.4, -0.2) is 36.8 Å². The molecule has 0 heterocycles. The smallest absolute Gasteiger partial charge is 0.200 e. The van der Waals surface area contributed by atoms with Crippen molar-refractivity contribution < 1.29 is 14.6 Å². The van der Waals surface area contributed by atoms with Crippen molar-refractivity contribution in [2.45, 2.75) is 129 Å². The minimum absolute atomic E-state index is 0.236. The van der Waals surface area contributed by atoms with Gasteiger partial charge in [-0.15, -0.1) is 0 Å². The molecule has 0 aliphatic rings. The van der Waals surface area contributed by atoms with E-state index in [2.05, 4.69) is 55.4 Å². The van der Waals surface area contributed by atoms with Crippen molar-refractivity contribution in [3.05, 3.63) is 12.2 Å². The highest BCUT2D eigenvalue weighted by atomic mass is 28.4. The summed E-state index contributed by atoms with van der Waals surface area (Å²) in [6.45, 7) is 18.2. The van der Waals surface area contributed by atoms with Crippen molar-refractivity contribution in [3.8, 4) is 0 Å². The highest BCUT2D eigenvalue weighted by Crippen LogP contribution is 2.43. The summed E-state index contributed by atoms with van der Waals surface area (Å²) in [4.78, 5) is 0. The molecule has 4 heteroatoms.